The molecule has 4 atom stereocenters. The summed E-state index contributed by atoms with van der Waals surface area (Å²) in [7, 11) is 1.46. The molecule has 4 unspecified atom stereocenters. The van der Waals surface area contributed by atoms with Gasteiger partial charge in [0.05, 0.1) is 6.61 Å². The molecule has 0 spiro atoms. The lowest BCUT2D eigenvalue weighted by Gasteiger charge is -2.15. The fraction of sp³-hybridized carbons (Fsp3) is 1.00. The maximum Gasteiger partial charge on any atom is 0.129 e. The number of hydrogen-bond acceptors (Lipinski definition) is 5. The highest BCUT2D eigenvalue weighted by molar-refractivity contribution is 7.80. The van der Waals surface area contributed by atoms with Crippen molar-refractivity contribution in [1.29, 1.82) is 0 Å². The molecule has 1 aliphatic heterocycles. The van der Waals surface area contributed by atoms with E-state index in [1.54, 1.807) is 0 Å². The first-order valence-corrected chi connectivity index (χ1v) is 3.87. The van der Waals surface area contributed by atoms with E-state index in [1.165, 1.54) is 7.11 Å². The lowest BCUT2D eigenvalue weighted by atomic mass is 10.1. The number of aliphatic hydroxyl groups is 2. The van der Waals surface area contributed by atoms with Crippen LogP contribution in [0.1, 0.15) is 0 Å². The van der Waals surface area contributed by atoms with E-state index >= 15 is 0 Å². The van der Waals surface area contributed by atoms with E-state index in [4.69, 9.17) is 14.6 Å². The van der Waals surface area contributed by atoms with Crippen LogP contribution < -0.4 is 0 Å². The van der Waals surface area contributed by atoms with Gasteiger partial charge in [0.15, 0.2) is 0 Å². The zero-order valence-corrected chi connectivity index (χ0v) is 7.07. The van der Waals surface area contributed by atoms with Gasteiger partial charge in [-0.05, 0) is 0 Å². The largest absolute Gasteiger partial charge is 0.394 e. The van der Waals surface area contributed by atoms with E-state index in [0.717, 1.165) is 0 Å². The summed E-state index contributed by atoms with van der Waals surface area (Å²) >= 11 is 3.95. The predicted molar refractivity (Wildman–Crippen MR) is 41.5 cm³/mol. The van der Waals surface area contributed by atoms with Crippen molar-refractivity contribution < 1.29 is 19.7 Å². The quantitative estimate of drug-likeness (QED) is 0.478. The lowest BCUT2D eigenvalue weighted by molar-refractivity contribution is -0.0314. The van der Waals surface area contributed by atoms with Crippen molar-refractivity contribution in [2.24, 2.45) is 0 Å². The highest BCUT2D eigenvalue weighted by Crippen LogP contribution is 2.25. The molecule has 0 aliphatic carbocycles. The number of hydrogen-bond donors (Lipinski definition) is 3. The van der Waals surface area contributed by atoms with E-state index in [1.807, 2.05) is 0 Å². The van der Waals surface area contributed by atoms with Crippen LogP contribution >= 0.6 is 12.6 Å². The molecule has 1 rings (SSSR count). The topological polar surface area (TPSA) is 58.9 Å². The second-order valence-corrected chi connectivity index (χ2v) is 2.95. The third-order valence-electron chi connectivity index (χ3n) is 1.76. The van der Waals surface area contributed by atoms with Gasteiger partial charge in [-0.2, -0.15) is 0 Å². The Morgan fingerprint density at radius 3 is 2.64 bits per heavy atom. The third-order valence-corrected chi connectivity index (χ3v) is 2.19. The molecule has 0 amide bonds. The molecule has 1 aliphatic rings. The molecule has 0 aromatic carbocycles. The monoisotopic (exact) mass is 180 g/mol. The smallest absolute Gasteiger partial charge is 0.129 e. The minimum Gasteiger partial charge on any atom is -0.394 e. The van der Waals surface area contributed by atoms with Crippen LogP contribution in [0, 0.1) is 0 Å². The molecule has 0 aromatic heterocycles. The van der Waals surface area contributed by atoms with Crippen LogP contribution in [0.4, 0.5) is 0 Å². The zero-order valence-electron chi connectivity index (χ0n) is 6.17. The summed E-state index contributed by atoms with van der Waals surface area (Å²) in [6.07, 6.45) is -1.69. The molecule has 4 nitrogen and oxygen atoms in total. The maximum atomic E-state index is 9.32. The van der Waals surface area contributed by atoms with E-state index in [-0.39, 0.29) is 6.61 Å². The average Bonchev–Trinajstić information content (AvgIpc) is 2.28. The highest BCUT2D eigenvalue weighted by Gasteiger charge is 2.41. The van der Waals surface area contributed by atoms with Crippen LogP contribution in [0.5, 0.6) is 0 Å². The van der Waals surface area contributed by atoms with Crippen molar-refractivity contribution in [3.63, 3.8) is 0 Å². The van der Waals surface area contributed by atoms with Crippen molar-refractivity contribution in [2.75, 3.05) is 13.7 Å². The van der Waals surface area contributed by atoms with Gasteiger partial charge >= 0.3 is 0 Å². The van der Waals surface area contributed by atoms with Crippen LogP contribution in [0.3, 0.4) is 0 Å². The molecular weight excluding hydrogens is 168 g/mol. The van der Waals surface area contributed by atoms with Gasteiger partial charge in [0.2, 0.25) is 0 Å². The minimum atomic E-state index is -0.763. The Hall–Kier alpha value is 0.190. The molecule has 1 saturated heterocycles. The standard InChI is InChI=1S/C6H12O4S/c1-9-5-3(2-7)10-6(11)4(5)8/h3-8,11H,2H2,1H3. The maximum absolute atomic E-state index is 9.32. The van der Waals surface area contributed by atoms with Crippen LogP contribution in [0.15, 0.2) is 0 Å². The van der Waals surface area contributed by atoms with Gasteiger partial charge in [-0.3, -0.25) is 0 Å². The van der Waals surface area contributed by atoms with Crippen molar-refractivity contribution in [2.45, 2.75) is 23.7 Å². The van der Waals surface area contributed by atoms with Gasteiger partial charge in [-0.1, -0.05) is 0 Å². The van der Waals surface area contributed by atoms with Gasteiger partial charge < -0.3 is 19.7 Å². The first-order chi connectivity index (χ1) is 5.20. The fourth-order valence-electron chi connectivity index (χ4n) is 1.16. The Labute approximate surface area is 70.5 Å². The van der Waals surface area contributed by atoms with E-state index < -0.39 is 23.7 Å². The normalized spacial score (nSPS) is 44.7. The zero-order chi connectivity index (χ0) is 8.43. The average molecular weight is 180 g/mol. The molecule has 0 aromatic rings. The highest BCUT2D eigenvalue weighted by atomic mass is 32.1. The van der Waals surface area contributed by atoms with Gasteiger partial charge in [-0.15, -0.1) is 12.6 Å². The predicted octanol–water partition coefficient (Wildman–Crippen LogP) is -0.991. The summed E-state index contributed by atoms with van der Waals surface area (Å²) in [5.74, 6) is 0. The Morgan fingerprint density at radius 1 is 1.64 bits per heavy atom. The summed E-state index contributed by atoms with van der Waals surface area (Å²) in [4.78, 5) is 0. The van der Waals surface area contributed by atoms with Crippen LogP contribution in [-0.4, -0.2) is 47.7 Å². The molecule has 0 radical (unpaired) electrons. The van der Waals surface area contributed by atoms with Crippen LogP contribution in [0.2, 0.25) is 0 Å². The second-order valence-electron chi connectivity index (χ2n) is 2.44. The number of methoxy groups -OCH3 is 1. The molecule has 5 heteroatoms. The molecule has 11 heavy (non-hydrogen) atoms. The number of thiol groups is 1. The van der Waals surface area contributed by atoms with Crippen molar-refractivity contribution >= 4 is 12.6 Å². The number of ether oxygens (including phenoxy) is 2. The molecule has 66 valence electrons. The van der Waals surface area contributed by atoms with Crippen LogP contribution in [-0.2, 0) is 9.47 Å². The number of rotatable bonds is 2. The molecule has 2 N–H and O–H groups in total. The second kappa shape index (κ2) is 3.73. The summed E-state index contributed by atoms with van der Waals surface area (Å²) in [5.41, 5.74) is -0.558. The third kappa shape index (κ3) is 1.68. The first kappa shape index (κ1) is 9.28. The minimum absolute atomic E-state index is 0.160. The summed E-state index contributed by atoms with van der Waals surface area (Å²) in [6, 6.07) is 0. The molecular formula is C6H12O4S. The Morgan fingerprint density at radius 2 is 2.27 bits per heavy atom. The molecule has 0 saturated carbocycles. The SMILES string of the molecule is COC1C(CO)OC(S)C1O. The van der Waals surface area contributed by atoms with Crippen molar-refractivity contribution in [3.8, 4) is 0 Å². The summed E-state index contributed by atoms with van der Waals surface area (Å²) in [6.45, 7) is -0.160. The number of aliphatic hydroxyl groups excluding tert-OH is 2. The van der Waals surface area contributed by atoms with Crippen LogP contribution in [0.25, 0.3) is 0 Å². The first-order valence-electron chi connectivity index (χ1n) is 3.36. The summed E-state index contributed by atoms with van der Waals surface area (Å²) < 4.78 is 9.98. The lowest BCUT2D eigenvalue weighted by Crippen LogP contribution is -2.34. The summed E-state index contributed by atoms with van der Waals surface area (Å²) in [5, 5.41) is 18.1. The van der Waals surface area contributed by atoms with Crippen molar-refractivity contribution in [3.05, 3.63) is 0 Å². The molecule has 1 fully saturated rings. The van der Waals surface area contributed by atoms with Gasteiger partial charge in [0, 0.05) is 7.11 Å². The molecule has 0 bridgehead atoms. The molecule has 1 heterocycles. The van der Waals surface area contributed by atoms with Gasteiger partial charge in [0.1, 0.15) is 23.7 Å². The van der Waals surface area contributed by atoms with Gasteiger partial charge in [0.25, 0.3) is 0 Å². The Bertz CT molecular complexity index is 132. The van der Waals surface area contributed by atoms with E-state index in [0.29, 0.717) is 0 Å². The van der Waals surface area contributed by atoms with Crippen molar-refractivity contribution in [1.82, 2.24) is 0 Å². The Balaban J connectivity index is 2.57. The Kier molecular flexibility index (Phi) is 3.15. The fourth-order valence-corrected chi connectivity index (χ4v) is 1.48. The van der Waals surface area contributed by atoms with Gasteiger partial charge in [-0.25, -0.2) is 0 Å². The van der Waals surface area contributed by atoms with E-state index in [9.17, 15) is 5.11 Å². The van der Waals surface area contributed by atoms with E-state index in [2.05, 4.69) is 12.6 Å².